The number of ether oxygens (including phenoxy) is 2. The number of carbonyl (C=O) groups excluding carboxylic acids is 1. The molecule has 0 saturated carbocycles. The normalized spacial score (nSPS) is 10.6. The fourth-order valence-corrected chi connectivity index (χ4v) is 2.74. The molecular weight excluding hydrogens is 352 g/mol. The summed E-state index contributed by atoms with van der Waals surface area (Å²) in [6.07, 6.45) is 6.87. The average molecular weight is 372 g/mol. The van der Waals surface area contributed by atoms with Crippen LogP contribution in [0.4, 0.5) is 0 Å². The molecule has 5 heteroatoms. The van der Waals surface area contributed by atoms with E-state index in [4.69, 9.17) is 15.9 Å². The molecule has 0 radical (unpaired) electrons. The summed E-state index contributed by atoms with van der Waals surface area (Å²) in [5.41, 5.74) is 3.78. The van der Waals surface area contributed by atoms with Gasteiger partial charge in [-0.3, -0.25) is 4.79 Å². The number of rotatable bonds is 7. The molecule has 0 saturated heterocycles. The molecule has 0 aliphatic rings. The first-order valence-electron chi connectivity index (χ1n) is 8.87. The van der Waals surface area contributed by atoms with Crippen molar-refractivity contribution in [2.24, 2.45) is 5.10 Å². The van der Waals surface area contributed by atoms with Gasteiger partial charge in [-0.15, -0.1) is 6.42 Å². The van der Waals surface area contributed by atoms with Crippen molar-refractivity contribution < 1.29 is 14.3 Å². The molecule has 0 unspecified atom stereocenters. The number of hydrogen-bond acceptors (Lipinski definition) is 4. The maximum Gasteiger partial charge on any atom is 0.271 e. The van der Waals surface area contributed by atoms with Gasteiger partial charge in [0.05, 0.1) is 12.8 Å². The molecule has 0 heterocycles. The quantitative estimate of drug-likeness (QED) is 0.387. The first-order valence-corrected chi connectivity index (χ1v) is 8.87. The molecule has 3 rings (SSSR count). The molecule has 140 valence electrons. The lowest BCUT2D eigenvalue weighted by molar-refractivity contribution is 0.0955. The van der Waals surface area contributed by atoms with Gasteiger partial charge in [-0.1, -0.05) is 36.3 Å². The van der Waals surface area contributed by atoms with Gasteiger partial charge in [0.2, 0.25) is 0 Å². The van der Waals surface area contributed by atoms with Gasteiger partial charge in [0.15, 0.2) is 0 Å². The third-order valence-corrected chi connectivity index (χ3v) is 4.03. The van der Waals surface area contributed by atoms with Gasteiger partial charge >= 0.3 is 0 Å². The number of fused-ring (bicyclic) bond motifs is 1. The van der Waals surface area contributed by atoms with E-state index in [9.17, 15) is 4.79 Å². The van der Waals surface area contributed by atoms with Gasteiger partial charge in [-0.05, 0) is 48.0 Å². The number of nitrogens with one attached hydrogen (secondary N) is 1. The molecule has 0 fully saturated rings. The fraction of sp³-hybridized carbons (Fsp3) is 0.130. The number of hydrazone groups is 1. The van der Waals surface area contributed by atoms with E-state index in [1.165, 1.54) is 0 Å². The third kappa shape index (κ3) is 4.49. The number of amides is 1. The van der Waals surface area contributed by atoms with Crippen LogP contribution < -0.4 is 14.9 Å². The van der Waals surface area contributed by atoms with E-state index in [1.807, 2.05) is 43.3 Å². The summed E-state index contributed by atoms with van der Waals surface area (Å²) >= 11 is 0. The molecule has 1 N–H and O–H groups in total. The van der Waals surface area contributed by atoms with Crippen LogP contribution in [-0.4, -0.2) is 25.3 Å². The van der Waals surface area contributed by atoms with Gasteiger partial charge in [-0.2, -0.15) is 5.10 Å². The van der Waals surface area contributed by atoms with Crippen molar-refractivity contribution in [3.8, 4) is 23.8 Å². The molecule has 28 heavy (non-hydrogen) atoms. The van der Waals surface area contributed by atoms with Crippen molar-refractivity contribution >= 4 is 22.9 Å². The molecular formula is C23H20N2O3. The van der Waals surface area contributed by atoms with Crippen LogP contribution in [-0.2, 0) is 0 Å². The Kier molecular flexibility index (Phi) is 6.27. The molecule has 3 aromatic carbocycles. The molecule has 0 atom stereocenters. The smallest absolute Gasteiger partial charge is 0.271 e. The Morgan fingerprint density at radius 2 is 1.89 bits per heavy atom. The predicted molar refractivity (Wildman–Crippen MR) is 111 cm³/mol. The van der Waals surface area contributed by atoms with Crippen molar-refractivity contribution in [1.29, 1.82) is 0 Å². The molecule has 0 aliphatic carbocycles. The van der Waals surface area contributed by atoms with E-state index in [0.717, 1.165) is 16.3 Å². The van der Waals surface area contributed by atoms with E-state index in [2.05, 4.69) is 16.4 Å². The molecule has 3 aromatic rings. The number of benzene rings is 3. The Labute approximate surface area is 164 Å². The number of carbonyl (C=O) groups is 1. The van der Waals surface area contributed by atoms with Crippen molar-refractivity contribution in [1.82, 2.24) is 5.43 Å². The van der Waals surface area contributed by atoms with E-state index >= 15 is 0 Å². The molecule has 5 nitrogen and oxygen atoms in total. The second-order valence-corrected chi connectivity index (χ2v) is 5.85. The minimum Gasteiger partial charge on any atom is -0.494 e. The molecule has 0 bridgehead atoms. The van der Waals surface area contributed by atoms with Gasteiger partial charge in [0.1, 0.15) is 18.1 Å². The number of nitrogens with zero attached hydrogens (tertiary/aromatic N) is 1. The Bertz CT molecular complexity index is 1030. The summed E-state index contributed by atoms with van der Waals surface area (Å²) < 4.78 is 11.0. The maximum absolute atomic E-state index is 12.3. The maximum atomic E-state index is 12.3. The second kappa shape index (κ2) is 9.24. The van der Waals surface area contributed by atoms with Crippen LogP contribution in [0.3, 0.4) is 0 Å². The zero-order valence-corrected chi connectivity index (χ0v) is 15.5. The minimum atomic E-state index is -0.314. The van der Waals surface area contributed by atoms with Gasteiger partial charge < -0.3 is 9.47 Å². The largest absolute Gasteiger partial charge is 0.494 e. The summed E-state index contributed by atoms with van der Waals surface area (Å²) in [5.74, 6) is 3.46. The summed E-state index contributed by atoms with van der Waals surface area (Å²) in [6, 6.07) is 18.5. The van der Waals surface area contributed by atoms with Gasteiger partial charge in [-0.25, -0.2) is 5.43 Å². The van der Waals surface area contributed by atoms with Crippen LogP contribution >= 0.6 is 0 Å². The zero-order chi connectivity index (χ0) is 19.8. The van der Waals surface area contributed by atoms with Crippen LogP contribution in [0.5, 0.6) is 11.5 Å². The standard InChI is InChI=1S/C23H20N2O3/c1-3-15-28-22-14-11-17-7-5-6-8-20(17)21(22)16-24-25-23(26)18-9-12-19(13-10-18)27-4-2/h1,5-14,16H,4,15H2,2H3,(H,25,26)/b24-16-. The summed E-state index contributed by atoms with van der Waals surface area (Å²) in [7, 11) is 0. The Morgan fingerprint density at radius 1 is 1.11 bits per heavy atom. The molecule has 0 aromatic heterocycles. The van der Waals surface area contributed by atoms with Crippen LogP contribution in [0.25, 0.3) is 10.8 Å². The van der Waals surface area contributed by atoms with E-state index in [1.54, 1.807) is 30.5 Å². The highest BCUT2D eigenvalue weighted by Crippen LogP contribution is 2.26. The van der Waals surface area contributed by atoms with Crippen molar-refractivity contribution in [3.63, 3.8) is 0 Å². The van der Waals surface area contributed by atoms with E-state index in [-0.39, 0.29) is 12.5 Å². The van der Waals surface area contributed by atoms with Crippen molar-refractivity contribution in [3.05, 3.63) is 71.8 Å². The Hall–Kier alpha value is -3.78. The van der Waals surface area contributed by atoms with Crippen LogP contribution in [0.1, 0.15) is 22.8 Å². The average Bonchev–Trinajstić information content (AvgIpc) is 2.73. The van der Waals surface area contributed by atoms with Gasteiger partial charge in [0.25, 0.3) is 5.91 Å². The highest BCUT2D eigenvalue weighted by atomic mass is 16.5. The first kappa shape index (κ1) is 19.0. The Morgan fingerprint density at radius 3 is 2.64 bits per heavy atom. The summed E-state index contributed by atoms with van der Waals surface area (Å²) in [5, 5.41) is 6.10. The lowest BCUT2D eigenvalue weighted by Gasteiger charge is -2.10. The molecule has 0 aliphatic heterocycles. The number of terminal acetylenes is 1. The monoisotopic (exact) mass is 372 g/mol. The van der Waals surface area contributed by atoms with Crippen molar-refractivity contribution in [2.75, 3.05) is 13.2 Å². The second-order valence-electron chi connectivity index (χ2n) is 5.85. The third-order valence-electron chi connectivity index (χ3n) is 4.03. The first-order chi connectivity index (χ1) is 13.7. The highest BCUT2D eigenvalue weighted by molar-refractivity contribution is 6.03. The van der Waals surface area contributed by atoms with Crippen LogP contribution in [0.2, 0.25) is 0 Å². The topological polar surface area (TPSA) is 59.9 Å². The van der Waals surface area contributed by atoms with E-state index in [0.29, 0.717) is 23.7 Å². The van der Waals surface area contributed by atoms with Crippen LogP contribution in [0, 0.1) is 12.3 Å². The van der Waals surface area contributed by atoms with Crippen molar-refractivity contribution in [2.45, 2.75) is 6.92 Å². The SMILES string of the molecule is C#CCOc1ccc2ccccc2c1/C=N\NC(=O)c1ccc(OCC)cc1. The predicted octanol–water partition coefficient (Wildman–Crippen LogP) is 4.01. The minimum absolute atomic E-state index is 0.151. The van der Waals surface area contributed by atoms with Crippen LogP contribution in [0.15, 0.2) is 65.8 Å². The Balaban J connectivity index is 1.80. The lowest BCUT2D eigenvalue weighted by Crippen LogP contribution is -2.17. The summed E-state index contributed by atoms with van der Waals surface area (Å²) in [4.78, 5) is 12.3. The summed E-state index contributed by atoms with van der Waals surface area (Å²) in [6.45, 7) is 2.63. The number of hydrogen-bond donors (Lipinski definition) is 1. The van der Waals surface area contributed by atoms with Gasteiger partial charge in [0, 0.05) is 11.1 Å². The zero-order valence-electron chi connectivity index (χ0n) is 15.5. The molecule has 1 amide bonds. The fourth-order valence-electron chi connectivity index (χ4n) is 2.74. The van der Waals surface area contributed by atoms with E-state index < -0.39 is 0 Å². The molecule has 0 spiro atoms. The lowest BCUT2D eigenvalue weighted by atomic mass is 10.0. The highest BCUT2D eigenvalue weighted by Gasteiger charge is 2.08.